The minimum Gasteiger partial charge on any atom is -0.398 e. The lowest BCUT2D eigenvalue weighted by atomic mass is 10.2. The highest BCUT2D eigenvalue weighted by molar-refractivity contribution is 5.91. The molecule has 3 rings (SSSR count). The summed E-state index contributed by atoms with van der Waals surface area (Å²) in [4.78, 5) is 2.44. The molecule has 102 valence electrons. The largest absolute Gasteiger partial charge is 0.398 e. The van der Waals surface area contributed by atoms with E-state index < -0.39 is 0 Å². The van der Waals surface area contributed by atoms with Crippen LogP contribution in [0.3, 0.4) is 0 Å². The zero-order chi connectivity index (χ0) is 13.2. The quantitative estimate of drug-likeness (QED) is 0.857. The van der Waals surface area contributed by atoms with Gasteiger partial charge in [-0.1, -0.05) is 13.0 Å². The predicted octanol–water partition coefficient (Wildman–Crippen LogP) is 1.94. The third kappa shape index (κ3) is 2.46. The molecule has 0 spiro atoms. The van der Waals surface area contributed by atoms with E-state index in [4.69, 9.17) is 10.5 Å². The highest BCUT2D eigenvalue weighted by Gasteiger charge is 2.20. The maximum Gasteiger partial charge on any atom is 0.0881 e. The Hall–Kier alpha value is -1.52. The van der Waals surface area contributed by atoms with Gasteiger partial charge in [0.2, 0.25) is 0 Å². The highest BCUT2D eigenvalue weighted by Crippen LogP contribution is 2.22. The normalized spacial score (nSPS) is 21.0. The average Bonchev–Trinajstić information content (AvgIpc) is 2.84. The molecule has 2 N–H and O–H groups in total. The molecule has 4 nitrogen and oxygen atoms in total. The summed E-state index contributed by atoms with van der Waals surface area (Å²) in [5.74, 6) is 0. The van der Waals surface area contributed by atoms with E-state index in [1.54, 1.807) is 0 Å². The summed E-state index contributed by atoms with van der Waals surface area (Å²) in [6.07, 6.45) is 2.38. The summed E-state index contributed by atoms with van der Waals surface area (Å²) in [6, 6.07) is 8.16. The molecule has 0 saturated carbocycles. The first-order valence-electron chi connectivity index (χ1n) is 6.95. The summed E-state index contributed by atoms with van der Waals surface area (Å²) in [5, 5.41) is 1.13. The molecule has 1 aromatic heterocycles. The van der Waals surface area contributed by atoms with Crippen molar-refractivity contribution in [3.8, 4) is 0 Å². The molecular formula is C15H21N3O. The Morgan fingerprint density at radius 3 is 3.11 bits per heavy atom. The van der Waals surface area contributed by atoms with E-state index in [0.29, 0.717) is 0 Å². The first-order chi connectivity index (χ1) is 9.28. The van der Waals surface area contributed by atoms with Crippen LogP contribution in [0.25, 0.3) is 10.9 Å². The number of likely N-dealkylation sites (N-methyl/N-ethyl adjacent to an activating group) is 1. The molecule has 1 atom stereocenters. The molecule has 2 aromatic rings. The van der Waals surface area contributed by atoms with Crippen LogP contribution in [-0.4, -0.2) is 41.8 Å². The lowest BCUT2D eigenvalue weighted by Crippen LogP contribution is -2.43. The number of nitrogens with two attached hydrogens (primary N) is 1. The van der Waals surface area contributed by atoms with Gasteiger partial charge in [0.1, 0.15) is 0 Å². The third-order valence-corrected chi connectivity index (χ3v) is 3.92. The molecule has 0 radical (unpaired) electrons. The second kappa shape index (κ2) is 5.23. The number of aromatic nitrogens is 1. The number of hydrogen-bond donors (Lipinski definition) is 1. The number of ether oxygens (including phenoxy) is 1. The van der Waals surface area contributed by atoms with E-state index in [2.05, 4.69) is 34.7 Å². The molecule has 1 aliphatic heterocycles. The predicted molar refractivity (Wildman–Crippen MR) is 78.2 cm³/mol. The van der Waals surface area contributed by atoms with Crippen molar-refractivity contribution in [3.05, 3.63) is 30.5 Å². The first kappa shape index (κ1) is 12.5. The smallest absolute Gasteiger partial charge is 0.0881 e. The molecule has 0 amide bonds. The molecule has 2 heterocycles. The second-order valence-corrected chi connectivity index (χ2v) is 5.13. The van der Waals surface area contributed by atoms with Crippen molar-refractivity contribution in [1.82, 2.24) is 9.47 Å². The van der Waals surface area contributed by atoms with Gasteiger partial charge in [-0.05, 0) is 24.7 Å². The average molecular weight is 259 g/mol. The summed E-state index contributed by atoms with van der Waals surface area (Å²) in [5.41, 5.74) is 8.03. The summed E-state index contributed by atoms with van der Waals surface area (Å²) in [6.45, 7) is 7.08. The summed E-state index contributed by atoms with van der Waals surface area (Å²) < 4.78 is 8.11. The monoisotopic (exact) mass is 259 g/mol. The first-order valence-corrected chi connectivity index (χ1v) is 6.95. The number of hydrogen-bond acceptors (Lipinski definition) is 3. The maximum atomic E-state index is 5.99. The van der Waals surface area contributed by atoms with Crippen LogP contribution in [0.2, 0.25) is 0 Å². The van der Waals surface area contributed by atoms with E-state index in [-0.39, 0.29) is 6.10 Å². The van der Waals surface area contributed by atoms with Gasteiger partial charge < -0.3 is 15.0 Å². The van der Waals surface area contributed by atoms with Crippen LogP contribution in [-0.2, 0) is 11.3 Å². The van der Waals surface area contributed by atoms with Crippen molar-refractivity contribution in [3.63, 3.8) is 0 Å². The van der Waals surface area contributed by atoms with Crippen LogP contribution >= 0.6 is 0 Å². The fourth-order valence-electron chi connectivity index (χ4n) is 2.80. The highest BCUT2D eigenvalue weighted by atomic mass is 16.5. The van der Waals surface area contributed by atoms with E-state index in [1.807, 2.05) is 12.1 Å². The number of anilines is 1. The van der Waals surface area contributed by atoms with E-state index in [0.717, 1.165) is 43.9 Å². The molecule has 0 bridgehead atoms. The molecule has 1 saturated heterocycles. The van der Waals surface area contributed by atoms with Gasteiger partial charge in [0.25, 0.3) is 0 Å². The van der Waals surface area contributed by atoms with Crippen molar-refractivity contribution in [2.45, 2.75) is 19.6 Å². The van der Waals surface area contributed by atoms with Crippen molar-refractivity contribution in [1.29, 1.82) is 0 Å². The van der Waals surface area contributed by atoms with Crippen LogP contribution in [0.4, 0.5) is 5.69 Å². The number of benzene rings is 1. The molecule has 0 aliphatic carbocycles. The Morgan fingerprint density at radius 2 is 2.26 bits per heavy atom. The van der Waals surface area contributed by atoms with Gasteiger partial charge in [0, 0.05) is 30.4 Å². The van der Waals surface area contributed by atoms with Crippen LogP contribution < -0.4 is 5.73 Å². The molecule has 1 aromatic carbocycles. The number of fused-ring (bicyclic) bond motifs is 1. The Kier molecular flexibility index (Phi) is 3.44. The van der Waals surface area contributed by atoms with Gasteiger partial charge in [0.15, 0.2) is 0 Å². The molecular weight excluding hydrogens is 238 g/mol. The fourth-order valence-corrected chi connectivity index (χ4v) is 2.80. The molecule has 1 aliphatic rings. The van der Waals surface area contributed by atoms with Gasteiger partial charge in [-0.15, -0.1) is 0 Å². The van der Waals surface area contributed by atoms with E-state index in [1.165, 1.54) is 5.52 Å². The third-order valence-electron chi connectivity index (χ3n) is 3.92. The SMILES string of the molecule is CCN1CCOC(Cn2ccc3c(N)cccc32)C1. The van der Waals surface area contributed by atoms with Gasteiger partial charge in [0.05, 0.1) is 24.8 Å². The molecule has 19 heavy (non-hydrogen) atoms. The second-order valence-electron chi connectivity index (χ2n) is 5.13. The van der Waals surface area contributed by atoms with Crippen LogP contribution in [0.15, 0.2) is 30.5 Å². The fraction of sp³-hybridized carbons (Fsp3) is 0.467. The zero-order valence-corrected chi connectivity index (χ0v) is 11.4. The minimum absolute atomic E-state index is 0.269. The topological polar surface area (TPSA) is 43.4 Å². The van der Waals surface area contributed by atoms with Crippen LogP contribution in [0.5, 0.6) is 0 Å². The van der Waals surface area contributed by atoms with Gasteiger partial charge in [-0.2, -0.15) is 0 Å². The van der Waals surface area contributed by atoms with Gasteiger partial charge in [-0.3, -0.25) is 4.90 Å². The zero-order valence-electron chi connectivity index (χ0n) is 11.4. The van der Waals surface area contributed by atoms with Crippen LogP contribution in [0, 0.1) is 0 Å². The Balaban J connectivity index is 1.80. The van der Waals surface area contributed by atoms with Crippen molar-refractivity contribution >= 4 is 16.6 Å². The molecule has 1 unspecified atom stereocenters. The van der Waals surface area contributed by atoms with Gasteiger partial charge in [-0.25, -0.2) is 0 Å². The van der Waals surface area contributed by atoms with Crippen LogP contribution in [0.1, 0.15) is 6.92 Å². The lowest BCUT2D eigenvalue weighted by Gasteiger charge is -2.32. The summed E-state index contributed by atoms with van der Waals surface area (Å²) >= 11 is 0. The van der Waals surface area contributed by atoms with Crippen molar-refractivity contribution < 1.29 is 4.74 Å². The standard InChI is InChI=1S/C15H21N3O/c1-2-17-8-9-19-12(10-17)11-18-7-6-13-14(16)4-3-5-15(13)18/h3-7,12H,2,8-11,16H2,1H3. The van der Waals surface area contributed by atoms with Gasteiger partial charge >= 0.3 is 0 Å². The Morgan fingerprint density at radius 1 is 1.37 bits per heavy atom. The number of nitrogens with zero attached hydrogens (tertiary/aromatic N) is 2. The number of rotatable bonds is 3. The Bertz CT molecular complexity index is 564. The van der Waals surface area contributed by atoms with Crippen molar-refractivity contribution in [2.24, 2.45) is 0 Å². The maximum absolute atomic E-state index is 5.99. The number of morpholine rings is 1. The molecule has 1 fully saturated rings. The van der Waals surface area contributed by atoms with E-state index in [9.17, 15) is 0 Å². The molecule has 4 heteroatoms. The van der Waals surface area contributed by atoms with E-state index >= 15 is 0 Å². The summed E-state index contributed by atoms with van der Waals surface area (Å²) in [7, 11) is 0. The minimum atomic E-state index is 0.269. The lowest BCUT2D eigenvalue weighted by molar-refractivity contribution is -0.0337. The number of nitrogen functional groups attached to an aromatic ring is 1. The van der Waals surface area contributed by atoms with Crippen molar-refractivity contribution in [2.75, 3.05) is 32.0 Å². The Labute approximate surface area is 113 Å².